The number of aromatic amines is 1. The van der Waals surface area contributed by atoms with Crippen LogP contribution in [0.3, 0.4) is 0 Å². The van der Waals surface area contributed by atoms with Crippen molar-refractivity contribution in [2.45, 2.75) is 58.0 Å². The Labute approximate surface area is 219 Å². The number of nitrogens with zero attached hydrogens (tertiary/aromatic N) is 1. The van der Waals surface area contributed by atoms with Crippen LogP contribution < -0.4 is 16.6 Å². The van der Waals surface area contributed by atoms with E-state index in [1.54, 1.807) is 35.3 Å². The Morgan fingerprint density at radius 1 is 0.974 bits per heavy atom. The number of rotatable bonds is 8. The van der Waals surface area contributed by atoms with Crippen LogP contribution in [0.4, 0.5) is 9.18 Å². The molecule has 5 atom stereocenters. The van der Waals surface area contributed by atoms with Gasteiger partial charge in [0.1, 0.15) is 25.4 Å². The molecule has 1 saturated heterocycles. The lowest BCUT2D eigenvalue weighted by Gasteiger charge is -2.45. The predicted octanol–water partition coefficient (Wildman–Crippen LogP) is 0.295. The molecule has 1 aliphatic rings. The molecule has 1 aromatic heterocycles. The summed E-state index contributed by atoms with van der Waals surface area (Å²) in [6.45, 7) is 2.47. The van der Waals surface area contributed by atoms with Gasteiger partial charge in [-0.05, 0) is 5.56 Å². The number of carbonyl (C=O) groups excluding carboxylic acids is 4. The molecule has 0 saturated carbocycles. The fraction of sp³-hybridized carbons (Fsp3) is 0.417. The molecule has 15 heteroatoms. The second-order valence-corrected chi connectivity index (χ2v) is 8.39. The molecule has 0 radical (unpaired) electrons. The van der Waals surface area contributed by atoms with E-state index >= 15 is 0 Å². The molecule has 0 bridgehead atoms. The van der Waals surface area contributed by atoms with Crippen LogP contribution in [0.25, 0.3) is 0 Å². The minimum Gasteiger partial charge on any atom is -0.463 e. The zero-order chi connectivity index (χ0) is 28.7. The van der Waals surface area contributed by atoms with Crippen molar-refractivity contribution >= 4 is 24.0 Å². The van der Waals surface area contributed by atoms with E-state index in [1.807, 2.05) is 0 Å². The lowest BCUT2D eigenvalue weighted by Crippen LogP contribution is -2.65. The van der Waals surface area contributed by atoms with E-state index in [0.29, 0.717) is 16.3 Å². The summed E-state index contributed by atoms with van der Waals surface area (Å²) in [5.41, 5.74) is -1.82. The van der Waals surface area contributed by atoms with Crippen LogP contribution in [0.15, 0.2) is 46.1 Å². The number of alkyl carbamates (subject to hydrolysis) is 1. The molecule has 1 aliphatic heterocycles. The highest BCUT2D eigenvalue weighted by Crippen LogP contribution is 2.32. The summed E-state index contributed by atoms with van der Waals surface area (Å²) in [5, 5.41) is 2.41. The molecule has 14 nitrogen and oxygen atoms in total. The van der Waals surface area contributed by atoms with Crippen molar-refractivity contribution in [3.63, 3.8) is 0 Å². The first-order valence-corrected chi connectivity index (χ1v) is 11.6. The van der Waals surface area contributed by atoms with Gasteiger partial charge in [0.15, 0.2) is 18.4 Å². The Morgan fingerprint density at radius 2 is 1.62 bits per heavy atom. The number of halogens is 1. The average molecular weight is 551 g/mol. The van der Waals surface area contributed by atoms with Crippen LogP contribution in [0, 0.1) is 5.82 Å². The van der Waals surface area contributed by atoms with Crippen molar-refractivity contribution < 1.29 is 47.3 Å². The molecular formula is C24H26FN3O11. The van der Waals surface area contributed by atoms with Crippen LogP contribution >= 0.6 is 0 Å². The number of H-pyrrole nitrogens is 1. The number of aromatic nitrogens is 2. The summed E-state index contributed by atoms with van der Waals surface area (Å²) < 4.78 is 41.6. The molecule has 1 aromatic carbocycles. The summed E-state index contributed by atoms with van der Waals surface area (Å²) >= 11 is 0. The molecule has 0 unspecified atom stereocenters. The van der Waals surface area contributed by atoms with E-state index in [9.17, 15) is 33.2 Å². The fourth-order valence-electron chi connectivity index (χ4n) is 3.86. The van der Waals surface area contributed by atoms with E-state index in [1.165, 1.54) is 0 Å². The van der Waals surface area contributed by atoms with Gasteiger partial charge in [0, 0.05) is 20.8 Å². The maximum atomic E-state index is 14.2. The van der Waals surface area contributed by atoms with Gasteiger partial charge < -0.3 is 29.0 Å². The van der Waals surface area contributed by atoms with E-state index < -0.39 is 78.3 Å². The fourth-order valence-corrected chi connectivity index (χ4v) is 3.86. The van der Waals surface area contributed by atoms with Gasteiger partial charge in [0.25, 0.3) is 5.56 Å². The number of hydrogen-bond acceptors (Lipinski definition) is 11. The average Bonchev–Trinajstić information content (AvgIpc) is 2.86. The smallest absolute Gasteiger partial charge is 0.407 e. The Hall–Kier alpha value is -4.53. The van der Waals surface area contributed by atoms with Gasteiger partial charge in [0.05, 0.1) is 6.20 Å². The minimum absolute atomic E-state index is 0.168. The Morgan fingerprint density at radius 3 is 2.23 bits per heavy atom. The summed E-state index contributed by atoms with van der Waals surface area (Å²) in [7, 11) is 0. The highest BCUT2D eigenvalue weighted by molar-refractivity contribution is 5.69. The van der Waals surface area contributed by atoms with Gasteiger partial charge in [0.2, 0.25) is 5.82 Å². The van der Waals surface area contributed by atoms with Gasteiger partial charge in [-0.15, -0.1) is 0 Å². The second-order valence-electron chi connectivity index (χ2n) is 8.39. The topological polar surface area (TPSA) is 181 Å². The normalized spacial score (nSPS) is 22.3. The van der Waals surface area contributed by atoms with E-state index in [2.05, 4.69) is 5.32 Å². The third kappa shape index (κ3) is 7.73. The Kier molecular flexibility index (Phi) is 9.54. The van der Waals surface area contributed by atoms with Crippen LogP contribution in [0.1, 0.15) is 32.6 Å². The number of benzene rings is 1. The summed E-state index contributed by atoms with van der Waals surface area (Å²) in [6, 6.07) is 7.06. The largest absolute Gasteiger partial charge is 0.463 e. The number of carbonyl (C=O) groups is 4. The predicted molar refractivity (Wildman–Crippen MR) is 126 cm³/mol. The van der Waals surface area contributed by atoms with Crippen molar-refractivity contribution in [2.24, 2.45) is 0 Å². The zero-order valence-electron chi connectivity index (χ0n) is 21.1. The van der Waals surface area contributed by atoms with Crippen LogP contribution in [0.5, 0.6) is 0 Å². The molecule has 1 amide bonds. The maximum Gasteiger partial charge on any atom is 0.407 e. The minimum atomic E-state index is -1.68. The maximum absolute atomic E-state index is 14.2. The number of hydrogen-bond donors (Lipinski definition) is 2. The number of amides is 1. The number of ether oxygens (including phenoxy) is 5. The molecule has 2 N–H and O–H groups in total. The molecule has 0 spiro atoms. The lowest BCUT2D eigenvalue weighted by atomic mass is 9.95. The summed E-state index contributed by atoms with van der Waals surface area (Å²) in [5.74, 6) is -3.83. The van der Waals surface area contributed by atoms with Crippen molar-refractivity contribution in [1.29, 1.82) is 0 Å². The third-order valence-corrected chi connectivity index (χ3v) is 5.42. The number of esters is 3. The third-order valence-electron chi connectivity index (χ3n) is 5.42. The Balaban J connectivity index is 2.05. The first-order chi connectivity index (χ1) is 18.5. The van der Waals surface area contributed by atoms with Crippen LogP contribution in [-0.2, 0) is 44.7 Å². The molecule has 2 heterocycles. The monoisotopic (exact) mass is 551 g/mol. The zero-order valence-corrected chi connectivity index (χ0v) is 21.1. The highest BCUT2D eigenvalue weighted by atomic mass is 19.1. The molecule has 0 aliphatic carbocycles. The van der Waals surface area contributed by atoms with E-state index in [4.69, 9.17) is 23.7 Å². The highest BCUT2D eigenvalue weighted by Gasteiger charge is 2.52. The number of nitrogens with one attached hydrogen (secondary N) is 2. The summed E-state index contributed by atoms with van der Waals surface area (Å²) in [4.78, 5) is 74.3. The quantitative estimate of drug-likeness (QED) is 0.340. The SMILES string of the molecule is CC(=O)OC[C@@H]1O[C@@H](n2cc(F)c(=O)[nH]c2=O)[C@@H](NC(=O)OCc2ccccc2)[C@@H](OC(C)=O)[C@@H]1OC(C)=O. The van der Waals surface area contributed by atoms with Crippen LogP contribution in [-0.4, -0.2) is 64.5 Å². The molecule has 3 rings (SSSR count). The van der Waals surface area contributed by atoms with Gasteiger partial charge >= 0.3 is 29.7 Å². The van der Waals surface area contributed by atoms with Gasteiger partial charge in [-0.3, -0.25) is 28.7 Å². The lowest BCUT2D eigenvalue weighted by molar-refractivity contribution is -0.237. The van der Waals surface area contributed by atoms with Gasteiger partial charge in [-0.25, -0.2) is 9.59 Å². The van der Waals surface area contributed by atoms with Crippen molar-refractivity contribution in [3.8, 4) is 0 Å². The van der Waals surface area contributed by atoms with E-state index in [0.717, 1.165) is 20.8 Å². The van der Waals surface area contributed by atoms with Gasteiger partial charge in [-0.2, -0.15) is 4.39 Å². The first-order valence-electron chi connectivity index (χ1n) is 11.6. The molecular weight excluding hydrogens is 525 g/mol. The molecule has 210 valence electrons. The second kappa shape index (κ2) is 12.8. The molecule has 1 fully saturated rings. The first kappa shape index (κ1) is 29.0. The van der Waals surface area contributed by atoms with Crippen LogP contribution in [0.2, 0.25) is 0 Å². The van der Waals surface area contributed by atoms with Crippen molar-refractivity contribution in [2.75, 3.05) is 6.61 Å². The molecule has 39 heavy (non-hydrogen) atoms. The Bertz CT molecular complexity index is 1330. The van der Waals surface area contributed by atoms with Crippen molar-refractivity contribution in [3.05, 3.63) is 68.7 Å². The van der Waals surface area contributed by atoms with Gasteiger partial charge in [-0.1, -0.05) is 30.3 Å². The molecule has 2 aromatic rings. The standard InChI is InChI=1S/C24H26FN3O11/c1-12(29)35-11-17-19(37-13(2)30)20(38-14(3)31)18(26-24(34)36-10-15-7-5-4-6-8-15)22(39-17)28-9-16(25)21(32)27-23(28)33/h4-9,17-20,22H,10-11H2,1-3H3,(H,26,34)(H,27,32,33)/t17-,18-,19+,20+,22+/m0/s1. The van der Waals surface area contributed by atoms with Crippen molar-refractivity contribution in [1.82, 2.24) is 14.9 Å². The summed E-state index contributed by atoms with van der Waals surface area (Å²) in [6.07, 6.45) is -6.61. The van der Waals surface area contributed by atoms with E-state index in [-0.39, 0.29) is 6.61 Å².